The van der Waals surface area contributed by atoms with Gasteiger partial charge in [-0.1, -0.05) is 30.3 Å². The number of anilines is 1. The van der Waals surface area contributed by atoms with E-state index >= 15 is 0 Å². The van der Waals surface area contributed by atoms with Gasteiger partial charge in [0, 0.05) is 6.07 Å². The van der Waals surface area contributed by atoms with Crippen molar-refractivity contribution in [3.63, 3.8) is 0 Å². The predicted octanol–water partition coefficient (Wildman–Crippen LogP) is 2.45. The van der Waals surface area contributed by atoms with E-state index in [2.05, 4.69) is 5.32 Å². The lowest BCUT2D eigenvalue weighted by molar-refractivity contribution is -0.120. The van der Waals surface area contributed by atoms with Crippen LogP contribution in [0.2, 0.25) is 0 Å². The SMILES string of the molecule is CCS(=O)(=O)N(CC(=O)N[C@@H](C)c1ccccc1)c1ccc2c(c1)OCO2. The first kappa shape index (κ1) is 19.0. The normalized spacial score (nSPS) is 13.9. The number of carbonyl (C=O) groups is 1. The van der Waals surface area contributed by atoms with Gasteiger partial charge in [-0.05, 0) is 31.5 Å². The molecule has 1 N–H and O–H groups in total. The van der Waals surface area contributed by atoms with Gasteiger partial charge in [-0.2, -0.15) is 0 Å². The molecule has 0 saturated carbocycles. The van der Waals surface area contributed by atoms with Gasteiger partial charge in [-0.15, -0.1) is 0 Å². The van der Waals surface area contributed by atoms with Gasteiger partial charge in [-0.25, -0.2) is 8.42 Å². The number of ether oxygens (including phenoxy) is 2. The van der Waals surface area contributed by atoms with Crippen LogP contribution in [0.3, 0.4) is 0 Å². The summed E-state index contributed by atoms with van der Waals surface area (Å²) in [4.78, 5) is 12.5. The highest BCUT2D eigenvalue weighted by Gasteiger charge is 2.26. The maximum atomic E-state index is 12.6. The van der Waals surface area contributed by atoms with Crippen molar-refractivity contribution >= 4 is 21.6 Å². The fourth-order valence-electron chi connectivity index (χ4n) is 2.79. The van der Waals surface area contributed by atoms with Gasteiger partial charge in [0.2, 0.25) is 22.7 Å². The van der Waals surface area contributed by atoms with Crippen molar-refractivity contribution in [1.82, 2.24) is 5.32 Å². The zero-order valence-corrected chi connectivity index (χ0v) is 16.0. The molecule has 3 rings (SSSR count). The molecule has 1 heterocycles. The van der Waals surface area contributed by atoms with Gasteiger partial charge in [0.1, 0.15) is 6.54 Å². The Kier molecular flexibility index (Phi) is 5.55. The Bertz CT molecular complexity index is 915. The van der Waals surface area contributed by atoms with E-state index in [1.165, 1.54) is 0 Å². The van der Waals surface area contributed by atoms with Crippen LogP contribution in [-0.4, -0.2) is 33.4 Å². The maximum absolute atomic E-state index is 12.6. The lowest BCUT2D eigenvalue weighted by Crippen LogP contribution is -2.42. The number of sulfonamides is 1. The van der Waals surface area contributed by atoms with Gasteiger partial charge >= 0.3 is 0 Å². The third-order valence-corrected chi connectivity index (χ3v) is 6.05. The van der Waals surface area contributed by atoms with Gasteiger partial charge in [0.05, 0.1) is 17.5 Å². The Hall–Kier alpha value is -2.74. The van der Waals surface area contributed by atoms with E-state index < -0.39 is 10.0 Å². The maximum Gasteiger partial charge on any atom is 0.241 e. The van der Waals surface area contributed by atoms with Crippen LogP contribution in [0.5, 0.6) is 11.5 Å². The largest absolute Gasteiger partial charge is 0.454 e. The number of nitrogens with one attached hydrogen (secondary N) is 1. The summed E-state index contributed by atoms with van der Waals surface area (Å²) in [5, 5.41) is 2.84. The quantitative estimate of drug-likeness (QED) is 0.785. The molecule has 0 radical (unpaired) electrons. The minimum Gasteiger partial charge on any atom is -0.454 e. The highest BCUT2D eigenvalue weighted by atomic mass is 32.2. The van der Waals surface area contributed by atoms with Gasteiger partial charge in [0.25, 0.3) is 0 Å². The molecule has 0 fully saturated rings. The van der Waals surface area contributed by atoms with Gasteiger partial charge < -0.3 is 14.8 Å². The summed E-state index contributed by atoms with van der Waals surface area (Å²) in [6.07, 6.45) is 0. The second-order valence-corrected chi connectivity index (χ2v) is 8.33. The van der Waals surface area contributed by atoms with Crippen LogP contribution < -0.4 is 19.1 Å². The molecule has 0 aliphatic carbocycles. The van der Waals surface area contributed by atoms with E-state index in [0.29, 0.717) is 17.2 Å². The molecule has 144 valence electrons. The van der Waals surface area contributed by atoms with Crippen molar-refractivity contribution in [2.24, 2.45) is 0 Å². The lowest BCUT2D eigenvalue weighted by atomic mass is 10.1. The molecular formula is C19H22N2O5S. The summed E-state index contributed by atoms with van der Waals surface area (Å²) in [5.74, 6) is 0.501. The second-order valence-electron chi connectivity index (χ2n) is 6.14. The number of hydrogen-bond donors (Lipinski definition) is 1. The number of carbonyl (C=O) groups excluding carboxylic acids is 1. The van der Waals surface area contributed by atoms with Crippen molar-refractivity contribution in [1.29, 1.82) is 0 Å². The molecule has 2 aromatic carbocycles. The van der Waals surface area contributed by atoms with E-state index in [1.54, 1.807) is 25.1 Å². The van der Waals surface area contributed by atoms with Crippen LogP contribution in [0.1, 0.15) is 25.5 Å². The van der Waals surface area contributed by atoms with Gasteiger partial charge in [-0.3, -0.25) is 9.10 Å². The molecule has 7 nitrogen and oxygen atoms in total. The highest BCUT2D eigenvalue weighted by molar-refractivity contribution is 7.92. The predicted molar refractivity (Wildman–Crippen MR) is 102 cm³/mol. The first-order valence-corrected chi connectivity index (χ1v) is 10.3. The standard InChI is InChI=1S/C19H22N2O5S/c1-3-27(23,24)21(16-9-10-17-18(11-16)26-13-25-17)12-19(22)20-14(2)15-7-5-4-6-8-15/h4-11,14H,3,12-13H2,1-2H3,(H,20,22)/t14-/m0/s1. The van der Waals surface area contributed by atoms with E-state index in [-0.39, 0.29) is 31.0 Å². The average Bonchev–Trinajstić information content (AvgIpc) is 3.14. The third kappa shape index (κ3) is 4.33. The van der Waals surface area contributed by atoms with Crippen molar-refractivity contribution in [3.8, 4) is 11.5 Å². The second kappa shape index (κ2) is 7.87. The van der Waals surface area contributed by atoms with Crippen molar-refractivity contribution < 1.29 is 22.7 Å². The Morgan fingerprint density at radius 3 is 2.56 bits per heavy atom. The fourth-order valence-corrected chi connectivity index (χ4v) is 3.85. The number of rotatable bonds is 7. The van der Waals surface area contributed by atoms with Gasteiger partial charge in [0.15, 0.2) is 11.5 Å². The molecule has 0 unspecified atom stereocenters. The Morgan fingerprint density at radius 1 is 1.15 bits per heavy atom. The van der Waals surface area contributed by atoms with E-state index in [4.69, 9.17) is 9.47 Å². The monoisotopic (exact) mass is 390 g/mol. The Labute approximate surface area is 158 Å². The first-order valence-electron chi connectivity index (χ1n) is 8.65. The molecule has 0 spiro atoms. The summed E-state index contributed by atoms with van der Waals surface area (Å²) in [6.45, 7) is 3.17. The summed E-state index contributed by atoms with van der Waals surface area (Å²) >= 11 is 0. The van der Waals surface area contributed by atoms with Crippen LogP contribution >= 0.6 is 0 Å². The molecule has 0 aromatic heterocycles. The molecule has 1 atom stereocenters. The lowest BCUT2D eigenvalue weighted by Gasteiger charge is -2.24. The summed E-state index contributed by atoms with van der Waals surface area (Å²) in [7, 11) is -3.65. The minimum atomic E-state index is -3.65. The molecule has 1 amide bonds. The third-order valence-electron chi connectivity index (χ3n) is 4.31. The topological polar surface area (TPSA) is 84.9 Å². The number of nitrogens with zero attached hydrogens (tertiary/aromatic N) is 1. The zero-order valence-electron chi connectivity index (χ0n) is 15.2. The fraction of sp³-hybridized carbons (Fsp3) is 0.316. The smallest absolute Gasteiger partial charge is 0.241 e. The minimum absolute atomic E-state index is 0.0917. The molecule has 0 saturated heterocycles. The molecule has 0 bridgehead atoms. The number of amides is 1. The first-order chi connectivity index (χ1) is 12.9. The average molecular weight is 390 g/mol. The number of fused-ring (bicyclic) bond motifs is 1. The molecule has 2 aromatic rings. The van der Waals surface area contributed by atoms with Crippen molar-refractivity contribution in [3.05, 3.63) is 54.1 Å². The summed E-state index contributed by atoms with van der Waals surface area (Å²) in [6, 6.07) is 14.1. The Balaban J connectivity index is 1.79. The summed E-state index contributed by atoms with van der Waals surface area (Å²) < 4.78 is 36.8. The molecule has 8 heteroatoms. The number of benzene rings is 2. The van der Waals surface area contributed by atoms with Crippen LogP contribution in [0.4, 0.5) is 5.69 Å². The zero-order chi connectivity index (χ0) is 19.4. The van der Waals surface area contributed by atoms with E-state index in [0.717, 1.165) is 9.87 Å². The number of hydrogen-bond acceptors (Lipinski definition) is 5. The highest BCUT2D eigenvalue weighted by Crippen LogP contribution is 2.36. The van der Waals surface area contributed by atoms with Crippen LogP contribution in [0.15, 0.2) is 48.5 Å². The van der Waals surface area contributed by atoms with Crippen LogP contribution in [0, 0.1) is 0 Å². The van der Waals surface area contributed by atoms with Crippen molar-refractivity contribution in [2.45, 2.75) is 19.9 Å². The molecule has 1 aliphatic heterocycles. The van der Waals surface area contributed by atoms with Crippen LogP contribution in [-0.2, 0) is 14.8 Å². The Morgan fingerprint density at radius 2 is 1.85 bits per heavy atom. The van der Waals surface area contributed by atoms with Crippen LogP contribution in [0.25, 0.3) is 0 Å². The molecular weight excluding hydrogens is 368 g/mol. The van der Waals surface area contributed by atoms with E-state index in [1.807, 2.05) is 37.3 Å². The molecule has 27 heavy (non-hydrogen) atoms. The van der Waals surface area contributed by atoms with E-state index in [9.17, 15) is 13.2 Å². The molecule has 1 aliphatic rings. The van der Waals surface area contributed by atoms with Crippen molar-refractivity contribution in [2.75, 3.05) is 23.4 Å². The summed E-state index contributed by atoms with van der Waals surface area (Å²) in [5.41, 5.74) is 1.31.